The van der Waals surface area contributed by atoms with Crippen molar-refractivity contribution in [3.05, 3.63) is 0 Å². The van der Waals surface area contributed by atoms with Crippen LogP contribution in [0.15, 0.2) is 0 Å². The largest absolute Gasteiger partial charge is 0.401 e. The number of carbonyl (C=O) groups excluding carboxylic acids is 1. The van der Waals surface area contributed by atoms with Crippen molar-refractivity contribution in [3.8, 4) is 0 Å². The Balaban J connectivity index is 1.48. The summed E-state index contributed by atoms with van der Waals surface area (Å²) in [6, 6.07) is 0.410. The number of fused-ring (bicyclic) bond motifs is 1. The fourth-order valence-corrected chi connectivity index (χ4v) is 4.84. The molecule has 2 heterocycles. The van der Waals surface area contributed by atoms with Crippen molar-refractivity contribution in [2.75, 3.05) is 32.7 Å². The number of alkyl halides is 3. The van der Waals surface area contributed by atoms with E-state index < -0.39 is 12.7 Å². The summed E-state index contributed by atoms with van der Waals surface area (Å²) >= 11 is 0. The Labute approximate surface area is 148 Å². The molecule has 1 saturated carbocycles. The molecule has 0 aromatic heterocycles. The fraction of sp³-hybridized carbons (Fsp3) is 0.944. The van der Waals surface area contributed by atoms with Crippen LogP contribution in [0, 0.1) is 11.8 Å². The minimum atomic E-state index is -4.16. The number of likely N-dealkylation sites (tertiary alicyclic amines) is 1. The molecule has 4 atom stereocenters. The van der Waals surface area contributed by atoms with Gasteiger partial charge >= 0.3 is 6.18 Å². The molecule has 7 heteroatoms. The topological polar surface area (TPSA) is 35.6 Å². The smallest absolute Gasteiger partial charge is 0.341 e. The first-order valence-corrected chi connectivity index (χ1v) is 9.69. The summed E-state index contributed by atoms with van der Waals surface area (Å²) in [5.74, 6) is 0.939. The second-order valence-corrected chi connectivity index (χ2v) is 7.99. The highest BCUT2D eigenvalue weighted by atomic mass is 19.4. The molecule has 0 bridgehead atoms. The molecule has 1 amide bonds. The van der Waals surface area contributed by atoms with Gasteiger partial charge in [0.2, 0.25) is 5.91 Å². The highest BCUT2D eigenvalue weighted by molar-refractivity contribution is 5.82. The number of hydrogen-bond donors (Lipinski definition) is 1. The molecule has 0 radical (unpaired) electrons. The molecule has 2 saturated heterocycles. The Morgan fingerprint density at radius 1 is 1.24 bits per heavy atom. The van der Waals surface area contributed by atoms with Crippen LogP contribution in [0.1, 0.15) is 45.4 Å². The maximum absolute atomic E-state index is 12.8. The second kappa shape index (κ2) is 7.82. The van der Waals surface area contributed by atoms with Crippen LogP contribution in [0.25, 0.3) is 0 Å². The van der Waals surface area contributed by atoms with Gasteiger partial charge < -0.3 is 10.2 Å². The zero-order valence-corrected chi connectivity index (χ0v) is 15.0. The molecule has 4 nitrogen and oxygen atoms in total. The summed E-state index contributed by atoms with van der Waals surface area (Å²) in [6.45, 7) is 2.98. The van der Waals surface area contributed by atoms with Gasteiger partial charge in [-0.1, -0.05) is 19.8 Å². The number of nitrogens with one attached hydrogen (secondary N) is 1. The molecule has 0 aromatic rings. The van der Waals surface area contributed by atoms with Crippen molar-refractivity contribution in [2.24, 2.45) is 11.8 Å². The highest BCUT2D eigenvalue weighted by Crippen LogP contribution is 2.34. The van der Waals surface area contributed by atoms with E-state index in [0.29, 0.717) is 38.1 Å². The van der Waals surface area contributed by atoms with Crippen LogP contribution < -0.4 is 5.32 Å². The first kappa shape index (κ1) is 19.0. The van der Waals surface area contributed by atoms with E-state index in [-0.39, 0.29) is 17.9 Å². The Morgan fingerprint density at radius 3 is 2.68 bits per heavy atom. The molecule has 3 rings (SSSR count). The molecular weight excluding hydrogens is 331 g/mol. The van der Waals surface area contributed by atoms with Gasteiger partial charge in [-0.05, 0) is 44.1 Å². The third-order valence-electron chi connectivity index (χ3n) is 6.12. The molecule has 1 aliphatic carbocycles. The fourth-order valence-electron chi connectivity index (χ4n) is 4.84. The number of rotatable bonds is 5. The lowest BCUT2D eigenvalue weighted by Crippen LogP contribution is -2.45. The first-order chi connectivity index (χ1) is 11.9. The van der Waals surface area contributed by atoms with Crippen LogP contribution >= 0.6 is 0 Å². The van der Waals surface area contributed by atoms with E-state index in [2.05, 4.69) is 5.32 Å². The monoisotopic (exact) mass is 361 g/mol. The summed E-state index contributed by atoms with van der Waals surface area (Å²) in [5, 5.41) is 3.52. The molecule has 3 aliphatic rings. The van der Waals surface area contributed by atoms with Gasteiger partial charge in [0.1, 0.15) is 0 Å². The van der Waals surface area contributed by atoms with Gasteiger partial charge in [-0.15, -0.1) is 0 Å². The average molecular weight is 361 g/mol. The summed E-state index contributed by atoms with van der Waals surface area (Å²) in [4.78, 5) is 16.1. The van der Waals surface area contributed by atoms with Crippen LogP contribution in [-0.4, -0.2) is 66.7 Å². The lowest BCUT2D eigenvalue weighted by molar-refractivity contribution is -0.146. The molecule has 3 fully saturated rings. The number of amides is 1. The summed E-state index contributed by atoms with van der Waals surface area (Å²) in [5.41, 5.74) is 0. The average Bonchev–Trinajstić information content (AvgIpc) is 3.18. The Bertz CT molecular complexity index is 457. The molecular formula is C18H30F3N3O. The van der Waals surface area contributed by atoms with Crippen molar-refractivity contribution in [3.63, 3.8) is 0 Å². The van der Waals surface area contributed by atoms with Crippen molar-refractivity contribution in [1.82, 2.24) is 15.1 Å². The summed E-state index contributed by atoms with van der Waals surface area (Å²) < 4.78 is 37.8. The Morgan fingerprint density at radius 2 is 2.00 bits per heavy atom. The van der Waals surface area contributed by atoms with E-state index in [1.165, 1.54) is 30.6 Å². The molecule has 25 heavy (non-hydrogen) atoms. The van der Waals surface area contributed by atoms with Gasteiger partial charge in [0.25, 0.3) is 0 Å². The number of nitrogens with zero attached hydrogens (tertiary/aromatic N) is 2. The van der Waals surface area contributed by atoms with Crippen molar-refractivity contribution >= 4 is 5.91 Å². The van der Waals surface area contributed by atoms with Gasteiger partial charge in [-0.3, -0.25) is 9.69 Å². The quantitative estimate of drug-likeness (QED) is 0.818. The van der Waals surface area contributed by atoms with Gasteiger partial charge in [0.15, 0.2) is 0 Å². The Kier molecular flexibility index (Phi) is 5.93. The van der Waals surface area contributed by atoms with Gasteiger partial charge in [0.05, 0.1) is 12.6 Å². The van der Waals surface area contributed by atoms with Crippen molar-refractivity contribution in [2.45, 2.75) is 63.7 Å². The molecule has 4 unspecified atom stereocenters. The van der Waals surface area contributed by atoms with Crippen LogP contribution in [0.5, 0.6) is 0 Å². The van der Waals surface area contributed by atoms with Crippen LogP contribution in [0.3, 0.4) is 0 Å². The number of hydrogen-bond acceptors (Lipinski definition) is 3. The van der Waals surface area contributed by atoms with Crippen LogP contribution in [-0.2, 0) is 4.79 Å². The van der Waals surface area contributed by atoms with E-state index in [1.807, 2.05) is 4.90 Å². The SMILES string of the molecule is CCN(CC1CCN(C(=O)C2CC3CCCCC3N2)C1)CC(F)(F)F. The standard InChI is InChI=1S/C18H30F3N3O/c1-2-23(12-18(19,20)21)10-13-7-8-24(11-13)17(25)16-9-14-5-3-4-6-15(14)22-16/h13-16,22H,2-12H2,1H3. The van der Waals surface area contributed by atoms with Crippen molar-refractivity contribution < 1.29 is 18.0 Å². The van der Waals surface area contributed by atoms with Gasteiger partial charge in [-0.2, -0.15) is 13.2 Å². The van der Waals surface area contributed by atoms with Gasteiger partial charge in [0, 0.05) is 25.7 Å². The molecule has 0 aromatic carbocycles. The van der Waals surface area contributed by atoms with Crippen LogP contribution in [0.4, 0.5) is 13.2 Å². The minimum absolute atomic E-state index is 0.0793. The first-order valence-electron chi connectivity index (χ1n) is 9.69. The van der Waals surface area contributed by atoms with E-state index in [9.17, 15) is 18.0 Å². The van der Waals surface area contributed by atoms with Crippen LogP contribution in [0.2, 0.25) is 0 Å². The highest BCUT2D eigenvalue weighted by Gasteiger charge is 2.41. The normalized spacial score (nSPS) is 33.1. The van der Waals surface area contributed by atoms with E-state index >= 15 is 0 Å². The number of halogens is 3. The zero-order valence-electron chi connectivity index (χ0n) is 15.0. The molecule has 144 valence electrons. The minimum Gasteiger partial charge on any atom is -0.341 e. The maximum Gasteiger partial charge on any atom is 0.401 e. The zero-order chi connectivity index (χ0) is 18.0. The van der Waals surface area contributed by atoms with E-state index in [4.69, 9.17) is 0 Å². The van der Waals surface area contributed by atoms with E-state index in [1.54, 1.807) is 6.92 Å². The lowest BCUT2D eigenvalue weighted by atomic mass is 9.85. The molecule has 2 aliphatic heterocycles. The predicted molar refractivity (Wildman–Crippen MR) is 90.1 cm³/mol. The molecule has 0 spiro atoms. The summed E-state index contributed by atoms with van der Waals surface area (Å²) in [6.07, 6.45) is 2.47. The number of carbonyl (C=O) groups is 1. The second-order valence-electron chi connectivity index (χ2n) is 7.99. The lowest BCUT2D eigenvalue weighted by Gasteiger charge is -2.26. The third-order valence-corrected chi connectivity index (χ3v) is 6.12. The van der Waals surface area contributed by atoms with E-state index in [0.717, 1.165) is 12.8 Å². The molecule has 1 N–H and O–H groups in total. The predicted octanol–water partition coefficient (Wildman–Crippen LogP) is 2.64. The van der Waals surface area contributed by atoms with Gasteiger partial charge in [-0.25, -0.2) is 0 Å². The summed E-state index contributed by atoms with van der Waals surface area (Å²) in [7, 11) is 0. The van der Waals surface area contributed by atoms with Crippen molar-refractivity contribution in [1.29, 1.82) is 0 Å². The maximum atomic E-state index is 12.8. The Hall–Kier alpha value is -0.820. The third kappa shape index (κ3) is 4.88.